The standard InChI is InChI=1S/C23H19Cl2NO3/c1-15-3-2-4-17(13-15)7-10-21-19(24)14-20(25)22(27)26(21)12-11-16-5-8-18(9-6-16)23(28)29/h2-10,13-14H,11-12H2,1H3,(H,28,29)/b10-7+. The van der Waals surface area contributed by atoms with Gasteiger partial charge in [-0.2, -0.15) is 0 Å². The summed E-state index contributed by atoms with van der Waals surface area (Å²) in [5.41, 5.74) is 3.52. The second-order valence-electron chi connectivity index (χ2n) is 6.68. The Hall–Kier alpha value is -2.82. The van der Waals surface area contributed by atoms with E-state index in [0.717, 1.165) is 16.7 Å². The zero-order chi connectivity index (χ0) is 21.0. The first-order valence-electron chi connectivity index (χ1n) is 9.01. The van der Waals surface area contributed by atoms with Crippen molar-refractivity contribution in [3.63, 3.8) is 0 Å². The molecule has 0 spiro atoms. The molecule has 1 heterocycles. The Labute approximate surface area is 178 Å². The summed E-state index contributed by atoms with van der Waals surface area (Å²) in [6, 6.07) is 16.0. The third kappa shape index (κ3) is 5.17. The van der Waals surface area contributed by atoms with E-state index < -0.39 is 5.97 Å². The number of nitrogens with zero attached hydrogens (tertiary/aromatic N) is 1. The fraction of sp³-hybridized carbons (Fsp3) is 0.130. The lowest BCUT2D eigenvalue weighted by Gasteiger charge is -2.13. The third-order valence-electron chi connectivity index (χ3n) is 4.54. The van der Waals surface area contributed by atoms with Crippen LogP contribution < -0.4 is 5.56 Å². The van der Waals surface area contributed by atoms with Crippen LogP contribution >= 0.6 is 23.2 Å². The van der Waals surface area contributed by atoms with Gasteiger partial charge in [0.05, 0.1) is 16.3 Å². The lowest BCUT2D eigenvalue weighted by molar-refractivity contribution is 0.0697. The Morgan fingerprint density at radius 2 is 1.76 bits per heavy atom. The van der Waals surface area contributed by atoms with Gasteiger partial charge < -0.3 is 9.67 Å². The average Bonchev–Trinajstić information content (AvgIpc) is 2.69. The number of aromatic carboxylic acids is 1. The van der Waals surface area contributed by atoms with Crippen molar-refractivity contribution in [1.82, 2.24) is 4.57 Å². The summed E-state index contributed by atoms with van der Waals surface area (Å²) in [7, 11) is 0. The van der Waals surface area contributed by atoms with Gasteiger partial charge in [-0.25, -0.2) is 4.79 Å². The SMILES string of the molecule is Cc1cccc(/C=C/c2c(Cl)cc(Cl)c(=O)n2CCc2ccc(C(=O)O)cc2)c1. The van der Waals surface area contributed by atoms with Gasteiger partial charge in [0, 0.05) is 6.54 Å². The second kappa shape index (κ2) is 9.12. The number of hydrogen-bond acceptors (Lipinski definition) is 2. The predicted octanol–water partition coefficient (Wildman–Crippen LogP) is 5.57. The molecule has 0 radical (unpaired) electrons. The molecule has 0 aliphatic heterocycles. The van der Waals surface area contributed by atoms with E-state index >= 15 is 0 Å². The molecule has 29 heavy (non-hydrogen) atoms. The highest BCUT2D eigenvalue weighted by Gasteiger charge is 2.11. The molecule has 0 fully saturated rings. The van der Waals surface area contributed by atoms with Gasteiger partial charge >= 0.3 is 5.97 Å². The lowest BCUT2D eigenvalue weighted by atomic mass is 10.1. The van der Waals surface area contributed by atoms with Crippen LogP contribution in [0.15, 0.2) is 59.4 Å². The van der Waals surface area contributed by atoms with Gasteiger partial charge in [0.2, 0.25) is 0 Å². The number of benzene rings is 2. The first-order chi connectivity index (χ1) is 13.8. The quantitative estimate of drug-likeness (QED) is 0.558. The maximum absolute atomic E-state index is 12.6. The van der Waals surface area contributed by atoms with Crippen molar-refractivity contribution in [2.45, 2.75) is 19.9 Å². The Balaban J connectivity index is 1.90. The molecular weight excluding hydrogens is 409 g/mol. The molecule has 0 saturated carbocycles. The van der Waals surface area contributed by atoms with Gasteiger partial charge in [0.15, 0.2) is 0 Å². The van der Waals surface area contributed by atoms with Crippen LogP contribution in [0.3, 0.4) is 0 Å². The van der Waals surface area contributed by atoms with Crippen molar-refractivity contribution in [1.29, 1.82) is 0 Å². The number of rotatable bonds is 6. The molecular formula is C23H19Cl2NO3. The molecule has 0 bridgehead atoms. The van der Waals surface area contributed by atoms with Crippen molar-refractivity contribution in [2.75, 3.05) is 0 Å². The van der Waals surface area contributed by atoms with Crippen molar-refractivity contribution in [3.05, 3.63) is 103 Å². The number of pyridine rings is 1. The van der Waals surface area contributed by atoms with Crippen LogP contribution in [-0.4, -0.2) is 15.6 Å². The minimum Gasteiger partial charge on any atom is -0.478 e. The number of carbonyl (C=O) groups is 1. The molecule has 0 saturated heterocycles. The Morgan fingerprint density at radius 1 is 1.03 bits per heavy atom. The fourth-order valence-electron chi connectivity index (χ4n) is 3.01. The topological polar surface area (TPSA) is 59.3 Å². The summed E-state index contributed by atoms with van der Waals surface area (Å²) in [6.07, 6.45) is 4.24. The van der Waals surface area contributed by atoms with E-state index in [1.165, 1.54) is 6.07 Å². The zero-order valence-electron chi connectivity index (χ0n) is 15.7. The number of hydrogen-bond donors (Lipinski definition) is 1. The number of aromatic nitrogens is 1. The second-order valence-corrected chi connectivity index (χ2v) is 7.50. The molecule has 3 rings (SSSR count). The predicted molar refractivity (Wildman–Crippen MR) is 118 cm³/mol. The third-order valence-corrected chi connectivity index (χ3v) is 5.11. The van der Waals surface area contributed by atoms with E-state index in [9.17, 15) is 9.59 Å². The van der Waals surface area contributed by atoms with Crippen LogP contribution in [0.2, 0.25) is 10.0 Å². The number of halogens is 2. The molecule has 0 aliphatic rings. The van der Waals surface area contributed by atoms with Crippen molar-refractivity contribution in [2.24, 2.45) is 0 Å². The smallest absolute Gasteiger partial charge is 0.335 e. The maximum atomic E-state index is 12.6. The average molecular weight is 428 g/mol. The van der Waals surface area contributed by atoms with E-state index in [-0.39, 0.29) is 16.1 Å². The van der Waals surface area contributed by atoms with Crippen molar-refractivity contribution >= 4 is 41.3 Å². The van der Waals surface area contributed by atoms with Gasteiger partial charge in [-0.3, -0.25) is 4.79 Å². The van der Waals surface area contributed by atoms with Gasteiger partial charge in [-0.1, -0.05) is 71.2 Å². The van der Waals surface area contributed by atoms with Crippen LogP contribution in [0.1, 0.15) is 32.7 Å². The molecule has 4 nitrogen and oxygen atoms in total. The summed E-state index contributed by atoms with van der Waals surface area (Å²) in [5.74, 6) is -0.974. The van der Waals surface area contributed by atoms with Crippen LogP contribution in [0.25, 0.3) is 12.2 Å². The van der Waals surface area contributed by atoms with E-state index in [4.69, 9.17) is 28.3 Å². The molecule has 3 aromatic rings. The number of carboxylic acid groups (broad SMARTS) is 1. The molecule has 6 heteroatoms. The summed E-state index contributed by atoms with van der Waals surface area (Å²) in [5, 5.41) is 9.45. The normalized spacial score (nSPS) is 11.1. The van der Waals surface area contributed by atoms with E-state index in [2.05, 4.69) is 0 Å². The molecule has 148 valence electrons. The summed E-state index contributed by atoms with van der Waals surface area (Å²) < 4.78 is 1.54. The molecule has 2 aromatic carbocycles. The van der Waals surface area contributed by atoms with Gasteiger partial charge in [-0.15, -0.1) is 0 Å². The van der Waals surface area contributed by atoms with Crippen LogP contribution in [0.4, 0.5) is 0 Å². The monoisotopic (exact) mass is 427 g/mol. The highest BCUT2D eigenvalue weighted by Crippen LogP contribution is 2.21. The first kappa shape index (κ1) is 20.9. The van der Waals surface area contributed by atoms with E-state index in [1.807, 2.05) is 43.3 Å². The van der Waals surface area contributed by atoms with E-state index in [0.29, 0.717) is 23.7 Å². The molecule has 1 N–H and O–H groups in total. The molecule has 0 atom stereocenters. The minimum atomic E-state index is -0.974. The molecule has 1 aromatic heterocycles. The fourth-order valence-corrected chi connectivity index (χ4v) is 3.55. The minimum absolute atomic E-state index is 0.0592. The highest BCUT2D eigenvalue weighted by atomic mass is 35.5. The summed E-state index contributed by atoms with van der Waals surface area (Å²) >= 11 is 12.4. The van der Waals surface area contributed by atoms with Gasteiger partial charge in [0.25, 0.3) is 5.56 Å². The highest BCUT2D eigenvalue weighted by molar-refractivity contribution is 6.35. The molecule has 0 aliphatic carbocycles. The Morgan fingerprint density at radius 3 is 2.41 bits per heavy atom. The Kier molecular flexibility index (Phi) is 6.57. The zero-order valence-corrected chi connectivity index (χ0v) is 17.2. The Bertz CT molecular complexity index is 1130. The summed E-state index contributed by atoms with van der Waals surface area (Å²) in [4.78, 5) is 23.6. The van der Waals surface area contributed by atoms with Gasteiger partial charge in [0.1, 0.15) is 5.02 Å². The largest absolute Gasteiger partial charge is 0.478 e. The summed E-state index contributed by atoms with van der Waals surface area (Å²) in [6.45, 7) is 2.37. The van der Waals surface area contributed by atoms with Crippen LogP contribution in [0.5, 0.6) is 0 Å². The number of carboxylic acids is 1. The molecule has 0 amide bonds. The van der Waals surface area contributed by atoms with Crippen LogP contribution in [0, 0.1) is 6.92 Å². The van der Waals surface area contributed by atoms with Crippen LogP contribution in [-0.2, 0) is 13.0 Å². The first-order valence-corrected chi connectivity index (χ1v) is 9.76. The van der Waals surface area contributed by atoms with E-state index in [1.54, 1.807) is 28.8 Å². The van der Waals surface area contributed by atoms with Gasteiger partial charge in [-0.05, 0) is 48.7 Å². The van der Waals surface area contributed by atoms with Crippen molar-refractivity contribution < 1.29 is 9.90 Å². The lowest BCUT2D eigenvalue weighted by Crippen LogP contribution is -2.24. The number of aryl methyl sites for hydroxylation is 2. The van der Waals surface area contributed by atoms with Crippen molar-refractivity contribution in [3.8, 4) is 0 Å². The maximum Gasteiger partial charge on any atom is 0.335 e. The molecule has 0 unspecified atom stereocenters.